The zero-order valence-corrected chi connectivity index (χ0v) is 7.58. The predicted octanol–water partition coefficient (Wildman–Crippen LogP) is 0.805. The zero-order valence-electron chi connectivity index (χ0n) is 7.58. The number of esters is 1. The Morgan fingerprint density at radius 1 is 1.60 bits per heavy atom. The molecule has 0 aromatic carbocycles. The maximum absolute atomic E-state index is 12.3. The molecule has 1 rings (SSSR count). The number of ether oxygens (including phenoxy) is 1. The Labute approximate surface area is 82.3 Å². The van der Waals surface area contributed by atoms with Crippen molar-refractivity contribution in [2.75, 3.05) is 7.11 Å². The quantitative estimate of drug-likeness (QED) is 0.721. The van der Waals surface area contributed by atoms with Gasteiger partial charge in [0.15, 0.2) is 0 Å². The standard InChI is InChI=1S/C8H7F2NO4/c1-15-8(14)4-2-3(5(9)10)6(12)11-7(4)13/h2,5H,1H3,(H2,11,12,13). The van der Waals surface area contributed by atoms with Crippen LogP contribution in [0, 0.1) is 0 Å². The number of halogens is 2. The van der Waals surface area contributed by atoms with Crippen molar-refractivity contribution in [1.29, 1.82) is 0 Å². The van der Waals surface area contributed by atoms with E-state index in [1.165, 1.54) is 0 Å². The fraction of sp³-hybridized carbons (Fsp3) is 0.250. The van der Waals surface area contributed by atoms with Gasteiger partial charge < -0.3 is 9.84 Å². The molecule has 5 nitrogen and oxygen atoms in total. The van der Waals surface area contributed by atoms with Gasteiger partial charge in [-0.25, -0.2) is 13.6 Å². The van der Waals surface area contributed by atoms with E-state index in [2.05, 4.69) is 4.74 Å². The third kappa shape index (κ3) is 2.12. The lowest BCUT2D eigenvalue weighted by molar-refractivity contribution is 0.0596. The van der Waals surface area contributed by atoms with E-state index in [4.69, 9.17) is 5.11 Å². The fourth-order valence-electron chi connectivity index (χ4n) is 0.964. The van der Waals surface area contributed by atoms with Crippen molar-refractivity contribution in [2.45, 2.75) is 6.43 Å². The molecule has 0 unspecified atom stereocenters. The number of alkyl halides is 2. The summed E-state index contributed by atoms with van der Waals surface area (Å²) >= 11 is 0. The van der Waals surface area contributed by atoms with Crippen molar-refractivity contribution in [1.82, 2.24) is 4.98 Å². The first-order valence-corrected chi connectivity index (χ1v) is 3.80. The number of pyridine rings is 1. The Bertz CT molecular complexity index is 441. The average molecular weight is 219 g/mol. The fourth-order valence-corrected chi connectivity index (χ4v) is 0.964. The van der Waals surface area contributed by atoms with E-state index in [-0.39, 0.29) is 0 Å². The molecule has 0 radical (unpaired) electrons. The van der Waals surface area contributed by atoms with Crippen LogP contribution >= 0.6 is 0 Å². The minimum atomic E-state index is -3.03. The van der Waals surface area contributed by atoms with Crippen molar-refractivity contribution in [3.05, 3.63) is 27.5 Å². The van der Waals surface area contributed by atoms with Gasteiger partial charge in [0.25, 0.3) is 12.0 Å². The molecule has 0 fully saturated rings. The minimum absolute atomic E-state index is 0.507. The van der Waals surface area contributed by atoms with Crippen LogP contribution in [0.15, 0.2) is 10.9 Å². The molecule has 0 bridgehead atoms. The first-order valence-electron chi connectivity index (χ1n) is 3.80. The SMILES string of the molecule is COC(=O)c1cc(C(F)F)c(=O)[nH]c1O. The van der Waals surface area contributed by atoms with Crippen LogP contribution in [-0.2, 0) is 4.74 Å². The summed E-state index contributed by atoms with van der Waals surface area (Å²) in [5.41, 5.74) is -2.55. The number of carbonyl (C=O) groups is 1. The molecule has 0 spiro atoms. The summed E-state index contributed by atoms with van der Waals surface area (Å²) in [6, 6.07) is 0.602. The number of rotatable bonds is 2. The van der Waals surface area contributed by atoms with Crippen LogP contribution in [-0.4, -0.2) is 23.2 Å². The molecule has 0 aliphatic carbocycles. The van der Waals surface area contributed by atoms with Gasteiger partial charge in [-0.05, 0) is 6.07 Å². The van der Waals surface area contributed by atoms with Crippen LogP contribution in [0.5, 0.6) is 5.88 Å². The maximum Gasteiger partial charge on any atom is 0.343 e. The normalized spacial score (nSPS) is 10.4. The third-order valence-electron chi connectivity index (χ3n) is 1.69. The molecule has 2 N–H and O–H groups in total. The number of carbonyl (C=O) groups excluding carboxylic acids is 1. The van der Waals surface area contributed by atoms with Gasteiger partial charge in [-0.2, -0.15) is 0 Å². The lowest BCUT2D eigenvalue weighted by Crippen LogP contribution is -2.16. The molecule has 0 saturated heterocycles. The van der Waals surface area contributed by atoms with E-state index >= 15 is 0 Å². The third-order valence-corrected chi connectivity index (χ3v) is 1.69. The summed E-state index contributed by atoms with van der Waals surface area (Å²) in [6.45, 7) is 0. The molecule has 0 atom stereocenters. The van der Waals surface area contributed by atoms with E-state index in [9.17, 15) is 18.4 Å². The summed E-state index contributed by atoms with van der Waals surface area (Å²) in [6.07, 6.45) is -3.03. The Morgan fingerprint density at radius 3 is 2.67 bits per heavy atom. The van der Waals surface area contributed by atoms with E-state index in [1.54, 1.807) is 4.98 Å². The molecule has 1 heterocycles. The van der Waals surface area contributed by atoms with Crippen LogP contribution in [0.4, 0.5) is 8.78 Å². The van der Waals surface area contributed by atoms with E-state index in [0.717, 1.165) is 7.11 Å². The average Bonchev–Trinajstić information content (AvgIpc) is 2.16. The Kier molecular flexibility index (Phi) is 3.03. The van der Waals surface area contributed by atoms with Gasteiger partial charge in [-0.1, -0.05) is 0 Å². The minimum Gasteiger partial charge on any atom is -0.494 e. The molecule has 0 aliphatic heterocycles. The topological polar surface area (TPSA) is 79.4 Å². The molecule has 7 heteroatoms. The highest BCUT2D eigenvalue weighted by molar-refractivity contribution is 5.91. The molecular formula is C8H7F2NO4. The highest BCUT2D eigenvalue weighted by atomic mass is 19.3. The van der Waals surface area contributed by atoms with Crippen LogP contribution in [0.25, 0.3) is 0 Å². The lowest BCUT2D eigenvalue weighted by atomic mass is 10.2. The summed E-state index contributed by atoms with van der Waals surface area (Å²) in [7, 11) is 1.02. The smallest absolute Gasteiger partial charge is 0.343 e. The van der Waals surface area contributed by atoms with Crippen LogP contribution in [0.2, 0.25) is 0 Å². The van der Waals surface area contributed by atoms with Crippen molar-refractivity contribution in [3.63, 3.8) is 0 Å². The van der Waals surface area contributed by atoms with Crippen LogP contribution in [0.3, 0.4) is 0 Å². The molecule has 1 aromatic rings. The number of H-pyrrole nitrogens is 1. The highest BCUT2D eigenvalue weighted by Crippen LogP contribution is 2.20. The molecule has 82 valence electrons. The van der Waals surface area contributed by atoms with E-state index in [0.29, 0.717) is 6.07 Å². The number of nitrogens with one attached hydrogen (secondary N) is 1. The van der Waals surface area contributed by atoms with Crippen molar-refractivity contribution in [2.24, 2.45) is 0 Å². The van der Waals surface area contributed by atoms with E-state index < -0.39 is 35.0 Å². The number of aromatic nitrogens is 1. The Morgan fingerprint density at radius 2 is 2.20 bits per heavy atom. The Hall–Kier alpha value is -1.92. The first kappa shape index (κ1) is 11.2. The van der Waals surface area contributed by atoms with Crippen molar-refractivity contribution < 1.29 is 23.4 Å². The number of aromatic amines is 1. The number of hydrogen-bond donors (Lipinski definition) is 2. The molecule has 0 saturated carbocycles. The molecule has 0 amide bonds. The summed E-state index contributed by atoms with van der Waals surface area (Å²) in [5, 5.41) is 9.10. The molecular weight excluding hydrogens is 212 g/mol. The molecule has 0 aliphatic rings. The van der Waals surface area contributed by atoms with Gasteiger partial charge >= 0.3 is 5.97 Å². The van der Waals surface area contributed by atoms with Gasteiger partial charge in [0, 0.05) is 0 Å². The highest BCUT2D eigenvalue weighted by Gasteiger charge is 2.19. The monoisotopic (exact) mass is 219 g/mol. The maximum atomic E-state index is 12.3. The second-order valence-electron chi connectivity index (χ2n) is 2.61. The molecule has 15 heavy (non-hydrogen) atoms. The second-order valence-corrected chi connectivity index (χ2v) is 2.61. The van der Waals surface area contributed by atoms with Crippen molar-refractivity contribution in [3.8, 4) is 5.88 Å². The Balaban J connectivity index is 3.36. The summed E-state index contributed by atoms with van der Waals surface area (Å²) in [4.78, 5) is 23.6. The van der Waals surface area contributed by atoms with Gasteiger partial charge in [0.1, 0.15) is 5.56 Å². The van der Waals surface area contributed by atoms with Crippen LogP contribution in [0.1, 0.15) is 22.3 Å². The molecule has 1 aromatic heterocycles. The number of methoxy groups -OCH3 is 1. The van der Waals surface area contributed by atoms with Gasteiger partial charge in [0.05, 0.1) is 12.7 Å². The van der Waals surface area contributed by atoms with E-state index in [1.807, 2.05) is 0 Å². The number of aromatic hydroxyl groups is 1. The second kappa shape index (κ2) is 4.07. The van der Waals surface area contributed by atoms with Crippen LogP contribution < -0.4 is 5.56 Å². The van der Waals surface area contributed by atoms with Gasteiger partial charge in [-0.3, -0.25) is 9.78 Å². The lowest BCUT2D eigenvalue weighted by Gasteiger charge is -2.04. The zero-order chi connectivity index (χ0) is 11.6. The predicted molar refractivity (Wildman–Crippen MR) is 45.0 cm³/mol. The summed E-state index contributed by atoms with van der Waals surface area (Å²) in [5.74, 6) is -1.80. The van der Waals surface area contributed by atoms with Gasteiger partial charge in [0.2, 0.25) is 5.88 Å². The summed E-state index contributed by atoms with van der Waals surface area (Å²) < 4.78 is 28.7. The number of hydrogen-bond acceptors (Lipinski definition) is 4. The first-order chi connectivity index (χ1) is 6.97. The largest absolute Gasteiger partial charge is 0.494 e. The van der Waals surface area contributed by atoms with Gasteiger partial charge in [-0.15, -0.1) is 0 Å². The van der Waals surface area contributed by atoms with Crippen molar-refractivity contribution >= 4 is 5.97 Å².